The quantitative estimate of drug-likeness (QED) is 0.705. The van der Waals surface area contributed by atoms with Gasteiger partial charge in [-0.05, 0) is 57.3 Å². The van der Waals surface area contributed by atoms with Crippen molar-refractivity contribution in [3.63, 3.8) is 0 Å². The van der Waals surface area contributed by atoms with E-state index in [-0.39, 0.29) is 24.7 Å². The Morgan fingerprint density at radius 1 is 1.10 bits per heavy atom. The van der Waals surface area contributed by atoms with Crippen LogP contribution < -0.4 is 10.6 Å². The molecule has 1 unspecified atom stereocenters. The molecule has 0 aliphatic heterocycles. The van der Waals surface area contributed by atoms with Crippen molar-refractivity contribution in [2.45, 2.75) is 83.2 Å². The lowest BCUT2D eigenvalue weighted by atomic mass is 9.87. The molecular weight excluding hydrogens is 264 g/mol. The molecule has 0 bridgehead atoms. The molecule has 4 heteroatoms. The van der Waals surface area contributed by atoms with E-state index in [0.29, 0.717) is 5.92 Å². The fraction of sp³-hybridized carbons (Fsp3) is 0.941. The molecule has 0 saturated heterocycles. The zero-order valence-corrected chi connectivity index (χ0v) is 13.4. The summed E-state index contributed by atoms with van der Waals surface area (Å²) >= 11 is 0. The SMILES string of the molecule is CC(CCC1CCCC1)NC(=O)NC1CCC(CO)CC1. The molecular formula is C17H32N2O2. The van der Waals surface area contributed by atoms with Crippen molar-refractivity contribution in [1.82, 2.24) is 10.6 Å². The first kappa shape index (κ1) is 16.6. The van der Waals surface area contributed by atoms with Gasteiger partial charge in [-0.1, -0.05) is 25.7 Å². The van der Waals surface area contributed by atoms with E-state index in [0.717, 1.165) is 38.0 Å². The third-order valence-electron chi connectivity index (χ3n) is 5.30. The maximum absolute atomic E-state index is 12.0. The topological polar surface area (TPSA) is 61.4 Å². The molecule has 0 spiro atoms. The molecule has 0 radical (unpaired) electrons. The van der Waals surface area contributed by atoms with E-state index < -0.39 is 0 Å². The van der Waals surface area contributed by atoms with E-state index >= 15 is 0 Å². The third kappa shape index (κ3) is 5.85. The van der Waals surface area contributed by atoms with Crippen LogP contribution >= 0.6 is 0 Å². The summed E-state index contributed by atoms with van der Waals surface area (Å²) in [5.41, 5.74) is 0. The van der Waals surface area contributed by atoms with Gasteiger partial charge in [0.25, 0.3) is 0 Å². The summed E-state index contributed by atoms with van der Waals surface area (Å²) in [5, 5.41) is 15.3. The third-order valence-corrected chi connectivity index (χ3v) is 5.30. The van der Waals surface area contributed by atoms with Crippen molar-refractivity contribution >= 4 is 6.03 Å². The van der Waals surface area contributed by atoms with Gasteiger partial charge in [-0.2, -0.15) is 0 Å². The van der Waals surface area contributed by atoms with Crippen molar-refractivity contribution in [2.75, 3.05) is 6.61 Å². The van der Waals surface area contributed by atoms with Gasteiger partial charge >= 0.3 is 6.03 Å². The van der Waals surface area contributed by atoms with Gasteiger partial charge in [0.15, 0.2) is 0 Å². The Hall–Kier alpha value is -0.770. The molecule has 2 aliphatic carbocycles. The molecule has 0 heterocycles. The Balaban J connectivity index is 1.57. The molecule has 21 heavy (non-hydrogen) atoms. The molecule has 0 aromatic heterocycles. The molecule has 4 nitrogen and oxygen atoms in total. The minimum Gasteiger partial charge on any atom is -0.396 e. The van der Waals surface area contributed by atoms with Crippen LogP contribution in [0.3, 0.4) is 0 Å². The highest BCUT2D eigenvalue weighted by molar-refractivity contribution is 5.74. The van der Waals surface area contributed by atoms with E-state index in [4.69, 9.17) is 5.11 Å². The number of rotatable bonds is 6. The van der Waals surface area contributed by atoms with Gasteiger partial charge in [0.2, 0.25) is 0 Å². The number of urea groups is 1. The number of hydrogen-bond acceptors (Lipinski definition) is 2. The van der Waals surface area contributed by atoms with Crippen molar-refractivity contribution < 1.29 is 9.90 Å². The van der Waals surface area contributed by atoms with Gasteiger partial charge < -0.3 is 15.7 Å². The first-order valence-corrected chi connectivity index (χ1v) is 8.85. The molecule has 122 valence electrons. The molecule has 0 aromatic rings. The standard InChI is InChI=1S/C17H32N2O2/c1-13(6-7-14-4-2-3-5-14)18-17(21)19-16-10-8-15(12-20)9-11-16/h13-16,20H,2-12H2,1H3,(H2,18,19,21). The van der Waals surface area contributed by atoms with E-state index in [1.165, 1.54) is 32.1 Å². The number of carbonyl (C=O) groups excluding carboxylic acids is 1. The van der Waals surface area contributed by atoms with Crippen LogP contribution in [0, 0.1) is 11.8 Å². The van der Waals surface area contributed by atoms with Crippen LogP contribution in [0.1, 0.15) is 71.1 Å². The van der Waals surface area contributed by atoms with E-state index in [9.17, 15) is 4.79 Å². The van der Waals surface area contributed by atoms with Crippen LogP contribution in [0.4, 0.5) is 4.79 Å². The molecule has 1 atom stereocenters. The van der Waals surface area contributed by atoms with Gasteiger partial charge in [-0.3, -0.25) is 0 Å². The average Bonchev–Trinajstić information content (AvgIpc) is 2.99. The van der Waals surface area contributed by atoms with Crippen LogP contribution in [0.2, 0.25) is 0 Å². The minimum absolute atomic E-state index is 0.0126. The minimum atomic E-state index is -0.0126. The second-order valence-corrected chi connectivity index (χ2v) is 7.15. The summed E-state index contributed by atoms with van der Waals surface area (Å²) in [7, 11) is 0. The van der Waals surface area contributed by atoms with Crippen LogP contribution in [0.5, 0.6) is 0 Å². The Morgan fingerprint density at radius 2 is 1.76 bits per heavy atom. The second kappa shape index (κ2) is 8.62. The van der Waals surface area contributed by atoms with E-state index in [1.807, 2.05) is 0 Å². The summed E-state index contributed by atoms with van der Waals surface area (Å²) in [6, 6.07) is 0.538. The predicted molar refractivity (Wildman–Crippen MR) is 85.2 cm³/mol. The van der Waals surface area contributed by atoms with E-state index in [1.54, 1.807) is 0 Å². The first-order valence-electron chi connectivity index (χ1n) is 8.85. The molecule has 0 aromatic carbocycles. The number of aliphatic hydroxyl groups excluding tert-OH is 1. The largest absolute Gasteiger partial charge is 0.396 e. The lowest BCUT2D eigenvalue weighted by molar-refractivity contribution is 0.174. The molecule has 3 N–H and O–H groups in total. The zero-order chi connectivity index (χ0) is 15.1. The Morgan fingerprint density at radius 3 is 2.38 bits per heavy atom. The highest BCUT2D eigenvalue weighted by Gasteiger charge is 2.22. The maximum Gasteiger partial charge on any atom is 0.315 e. The van der Waals surface area contributed by atoms with Gasteiger partial charge in [0.05, 0.1) is 0 Å². The Bertz CT molecular complexity index is 308. The highest BCUT2D eigenvalue weighted by atomic mass is 16.3. The van der Waals surface area contributed by atoms with Gasteiger partial charge in [-0.25, -0.2) is 4.79 Å². The van der Waals surface area contributed by atoms with Crippen molar-refractivity contribution in [3.05, 3.63) is 0 Å². The smallest absolute Gasteiger partial charge is 0.315 e. The van der Waals surface area contributed by atoms with Crippen LogP contribution in [0.15, 0.2) is 0 Å². The van der Waals surface area contributed by atoms with Gasteiger partial charge in [0, 0.05) is 18.7 Å². The normalized spacial score (nSPS) is 28.3. The summed E-state index contributed by atoms with van der Waals surface area (Å²) in [4.78, 5) is 12.0. The Labute approximate surface area is 129 Å². The number of amides is 2. The number of carbonyl (C=O) groups is 1. The lowest BCUT2D eigenvalue weighted by Gasteiger charge is -2.28. The van der Waals surface area contributed by atoms with Crippen molar-refractivity contribution in [3.8, 4) is 0 Å². The summed E-state index contributed by atoms with van der Waals surface area (Å²) in [6.07, 6.45) is 11.9. The van der Waals surface area contributed by atoms with Crippen LogP contribution in [-0.2, 0) is 0 Å². The molecule has 2 saturated carbocycles. The number of aliphatic hydroxyl groups is 1. The number of nitrogens with one attached hydrogen (secondary N) is 2. The van der Waals surface area contributed by atoms with Gasteiger partial charge in [-0.15, -0.1) is 0 Å². The molecule has 2 aliphatic rings. The van der Waals surface area contributed by atoms with Gasteiger partial charge in [0.1, 0.15) is 0 Å². The maximum atomic E-state index is 12.0. The monoisotopic (exact) mass is 296 g/mol. The second-order valence-electron chi connectivity index (χ2n) is 7.15. The predicted octanol–water partition coefficient (Wildman–Crippen LogP) is 3.20. The Kier molecular flexibility index (Phi) is 6.81. The summed E-state index contributed by atoms with van der Waals surface area (Å²) in [6.45, 7) is 2.40. The summed E-state index contributed by atoms with van der Waals surface area (Å²) < 4.78 is 0. The highest BCUT2D eigenvalue weighted by Crippen LogP contribution is 2.29. The first-order chi connectivity index (χ1) is 10.2. The summed E-state index contributed by atoms with van der Waals surface area (Å²) in [5.74, 6) is 1.34. The van der Waals surface area contributed by atoms with Crippen molar-refractivity contribution in [1.29, 1.82) is 0 Å². The molecule has 2 amide bonds. The molecule has 2 rings (SSSR count). The zero-order valence-electron chi connectivity index (χ0n) is 13.4. The average molecular weight is 296 g/mol. The molecule has 2 fully saturated rings. The van der Waals surface area contributed by atoms with Crippen molar-refractivity contribution in [2.24, 2.45) is 11.8 Å². The fourth-order valence-corrected chi connectivity index (χ4v) is 3.80. The fourth-order valence-electron chi connectivity index (χ4n) is 3.80. The number of hydrogen-bond donors (Lipinski definition) is 3. The van der Waals surface area contributed by atoms with E-state index in [2.05, 4.69) is 17.6 Å². The van der Waals surface area contributed by atoms with Crippen LogP contribution in [0.25, 0.3) is 0 Å². The lowest BCUT2D eigenvalue weighted by Crippen LogP contribution is -2.46. The van der Waals surface area contributed by atoms with Crippen LogP contribution in [-0.4, -0.2) is 29.8 Å².